The summed E-state index contributed by atoms with van der Waals surface area (Å²) < 4.78 is 0. The van der Waals surface area contributed by atoms with Crippen LogP contribution in [0.25, 0.3) is 0 Å². The minimum absolute atomic E-state index is 0.183. The molecular weight excluding hydrogens is 212 g/mol. The molecule has 0 aromatic heterocycles. The minimum Gasteiger partial charge on any atom is -0.396 e. The van der Waals surface area contributed by atoms with Crippen LogP contribution in [0.4, 0.5) is 0 Å². The summed E-state index contributed by atoms with van der Waals surface area (Å²) in [7, 11) is 0. The Bertz CT molecular complexity index is 277. The van der Waals surface area contributed by atoms with Crippen molar-refractivity contribution in [1.29, 1.82) is 0 Å². The van der Waals surface area contributed by atoms with Crippen molar-refractivity contribution in [1.82, 2.24) is 0 Å². The molecule has 0 aromatic rings. The fourth-order valence-corrected chi connectivity index (χ4v) is 3.62. The van der Waals surface area contributed by atoms with Crippen molar-refractivity contribution in [3.05, 3.63) is 11.6 Å². The van der Waals surface area contributed by atoms with Crippen LogP contribution >= 0.6 is 0 Å². The predicted octanol–water partition coefficient (Wildman–Crippen LogP) is 2.89. The van der Waals surface area contributed by atoms with E-state index in [1.807, 2.05) is 0 Å². The van der Waals surface area contributed by atoms with Gasteiger partial charge in [-0.2, -0.15) is 0 Å². The molecule has 0 radical (unpaired) electrons. The normalized spacial score (nSPS) is 33.2. The lowest BCUT2D eigenvalue weighted by molar-refractivity contribution is 0.125. The molecule has 0 aliphatic heterocycles. The van der Waals surface area contributed by atoms with E-state index in [-0.39, 0.29) is 25.0 Å². The number of aliphatic hydroxyl groups excluding tert-OH is 2. The van der Waals surface area contributed by atoms with Gasteiger partial charge in [0.15, 0.2) is 0 Å². The van der Waals surface area contributed by atoms with E-state index in [1.54, 1.807) is 5.57 Å². The van der Waals surface area contributed by atoms with Crippen molar-refractivity contribution in [2.45, 2.75) is 51.9 Å². The summed E-state index contributed by atoms with van der Waals surface area (Å²) >= 11 is 0. The molecule has 0 heterocycles. The second-order valence-electron chi connectivity index (χ2n) is 6.14. The summed E-state index contributed by atoms with van der Waals surface area (Å²) in [5.41, 5.74) is 1.94. The second-order valence-corrected chi connectivity index (χ2v) is 6.14. The van der Waals surface area contributed by atoms with E-state index >= 15 is 0 Å². The van der Waals surface area contributed by atoms with E-state index in [2.05, 4.69) is 13.0 Å². The van der Waals surface area contributed by atoms with E-state index in [4.69, 9.17) is 0 Å². The Hall–Kier alpha value is -0.340. The van der Waals surface area contributed by atoms with Crippen LogP contribution in [-0.4, -0.2) is 23.4 Å². The van der Waals surface area contributed by atoms with Gasteiger partial charge in [-0.05, 0) is 37.0 Å². The smallest absolute Gasteiger partial charge is 0.0497 e. The number of hydrogen-bond acceptors (Lipinski definition) is 2. The topological polar surface area (TPSA) is 40.5 Å². The van der Waals surface area contributed by atoms with Gasteiger partial charge in [-0.1, -0.05) is 37.8 Å². The number of rotatable bonds is 3. The Labute approximate surface area is 105 Å². The highest BCUT2D eigenvalue weighted by atomic mass is 16.3. The molecule has 2 N–H and O–H groups in total. The molecule has 1 fully saturated rings. The van der Waals surface area contributed by atoms with Crippen LogP contribution in [0.3, 0.4) is 0 Å². The van der Waals surface area contributed by atoms with Gasteiger partial charge in [-0.25, -0.2) is 0 Å². The van der Waals surface area contributed by atoms with Crippen molar-refractivity contribution in [3.63, 3.8) is 0 Å². The highest BCUT2D eigenvalue weighted by Gasteiger charge is 2.34. The van der Waals surface area contributed by atoms with Crippen LogP contribution in [0.5, 0.6) is 0 Å². The first-order valence-corrected chi connectivity index (χ1v) is 7.12. The van der Waals surface area contributed by atoms with Crippen LogP contribution in [0.1, 0.15) is 51.9 Å². The molecule has 0 unspecified atom stereocenters. The Morgan fingerprint density at radius 3 is 2.47 bits per heavy atom. The average molecular weight is 238 g/mol. The average Bonchev–Trinajstić information content (AvgIpc) is 2.38. The van der Waals surface area contributed by atoms with Crippen LogP contribution in [-0.2, 0) is 0 Å². The Morgan fingerprint density at radius 1 is 1.18 bits per heavy atom. The lowest BCUT2D eigenvalue weighted by Crippen LogP contribution is -2.30. The van der Waals surface area contributed by atoms with Gasteiger partial charge in [0.25, 0.3) is 0 Å². The molecule has 2 heteroatoms. The predicted molar refractivity (Wildman–Crippen MR) is 69.7 cm³/mol. The highest BCUT2D eigenvalue weighted by molar-refractivity contribution is 5.19. The molecule has 2 atom stereocenters. The molecule has 2 rings (SSSR count). The van der Waals surface area contributed by atoms with E-state index < -0.39 is 0 Å². The first-order chi connectivity index (χ1) is 8.19. The molecule has 2 nitrogen and oxygen atoms in total. The van der Waals surface area contributed by atoms with E-state index in [9.17, 15) is 10.2 Å². The minimum atomic E-state index is 0.183. The number of hydrogen-bond donors (Lipinski definition) is 2. The van der Waals surface area contributed by atoms with Crippen molar-refractivity contribution >= 4 is 0 Å². The SMILES string of the molecule is CC1(C2=C[C@H](CO)[C@H](CO)CC2)CCCCC1. The molecule has 2 aliphatic carbocycles. The molecular formula is C15H26O2. The van der Waals surface area contributed by atoms with Crippen molar-refractivity contribution < 1.29 is 10.2 Å². The summed E-state index contributed by atoms with van der Waals surface area (Å²) in [6.45, 7) is 2.79. The summed E-state index contributed by atoms with van der Waals surface area (Å²) in [5.74, 6) is 0.457. The standard InChI is InChI=1S/C15H26O2/c1-15(7-3-2-4-8-15)14-6-5-12(10-16)13(9-14)11-17/h9,12-13,16-17H,2-8,10-11H2,1H3/t12-,13+/m0/s1. The summed E-state index contributed by atoms with van der Waals surface area (Å²) in [6.07, 6.45) is 11.1. The monoisotopic (exact) mass is 238 g/mol. The molecule has 0 amide bonds. The maximum Gasteiger partial charge on any atom is 0.0497 e. The molecule has 0 saturated heterocycles. The van der Waals surface area contributed by atoms with Crippen molar-refractivity contribution in [2.75, 3.05) is 13.2 Å². The maximum atomic E-state index is 9.44. The quantitative estimate of drug-likeness (QED) is 0.742. The largest absolute Gasteiger partial charge is 0.396 e. The van der Waals surface area contributed by atoms with Gasteiger partial charge in [-0.3, -0.25) is 0 Å². The Balaban J connectivity index is 2.12. The van der Waals surface area contributed by atoms with Gasteiger partial charge >= 0.3 is 0 Å². The lowest BCUT2D eigenvalue weighted by Gasteiger charge is -2.40. The summed E-state index contributed by atoms with van der Waals surface area (Å²) in [6, 6.07) is 0. The third-order valence-corrected chi connectivity index (χ3v) is 4.98. The zero-order chi connectivity index (χ0) is 12.3. The fourth-order valence-electron chi connectivity index (χ4n) is 3.62. The lowest BCUT2D eigenvalue weighted by atomic mass is 9.65. The zero-order valence-electron chi connectivity index (χ0n) is 11.0. The van der Waals surface area contributed by atoms with Crippen molar-refractivity contribution in [2.24, 2.45) is 17.3 Å². The first-order valence-electron chi connectivity index (χ1n) is 7.12. The van der Waals surface area contributed by atoms with Crippen LogP contribution in [0.15, 0.2) is 11.6 Å². The molecule has 0 bridgehead atoms. The van der Waals surface area contributed by atoms with Gasteiger partial charge in [0, 0.05) is 19.1 Å². The number of allylic oxidation sites excluding steroid dienone is 1. The first kappa shape index (κ1) is 13.1. The Morgan fingerprint density at radius 2 is 1.88 bits per heavy atom. The van der Waals surface area contributed by atoms with E-state index in [1.165, 1.54) is 32.1 Å². The van der Waals surface area contributed by atoms with Gasteiger partial charge in [0.1, 0.15) is 0 Å². The van der Waals surface area contributed by atoms with Gasteiger partial charge < -0.3 is 10.2 Å². The molecule has 17 heavy (non-hydrogen) atoms. The third kappa shape index (κ3) is 2.74. The Kier molecular flexibility index (Phi) is 4.26. The van der Waals surface area contributed by atoms with E-state index in [0.717, 1.165) is 12.8 Å². The van der Waals surface area contributed by atoms with Crippen LogP contribution in [0, 0.1) is 17.3 Å². The molecule has 1 saturated carbocycles. The molecule has 98 valence electrons. The van der Waals surface area contributed by atoms with Crippen molar-refractivity contribution in [3.8, 4) is 0 Å². The number of aliphatic hydroxyl groups is 2. The summed E-state index contributed by atoms with van der Waals surface area (Å²) in [4.78, 5) is 0. The zero-order valence-corrected chi connectivity index (χ0v) is 11.0. The molecule has 2 aliphatic rings. The second kappa shape index (κ2) is 5.53. The highest BCUT2D eigenvalue weighted by Crippen LogP contribution is 2.46. The van der Waals surface area contributed by atoms with E-state index in [0.29, 0.717) is 5.41 Å². The summed E-state index contributed by atoms with van der Waals surface area (Å²) in [5, 5.41) is 18.7. The van der Waals surface area contributed by atoms with Gasteiger partial charge in [0.2, 0.25) is 0 Å². The molecule has 0 spiro atoms. The van der Waals surface area contributed by atoms with Crippen LogP contribution in [0.2, 0.25) is 0 Å². The maximum absolute atomic E-state index is 9.44. The van der Waals surface area contributed by atoms with Gasteiger partial charge in [-0.15, -0.1) is 0 Å². The van der Waals surface area contributed by atoms with Gasteiger partial charge in [0.05, 0.1) is 0 Å². The fraction of sp³-hybridized carbons (Fsp3) is 0.867. The third-order valence-electron chi connectivity index (χ3n) is 4.98. The van der Waals surface area contributed by atoms with Crippen LogP contribution < -0.4 is 0 Å². The molecule has 0 aromatic carbocycles.